The van der Waals surface area contributed by atoms with Gasteiger partial charge in [0.2, 0.25) is 0 Å². The first kappa shape index (κ1) is 15.2. The lowest BCUT2D eigenvalue weighted by Gasteiger charge is -2.31. The van der Waals surface area contributed by atoms with Crippen LogP contribution in [0.4, 0.5) is 4.79 Å². The maximum atomic E-state index is 12.5. The number of imide groups is 1. The molecule has 1 aliphatic rings. The van der Waals surface area contributed by atoms with E-state index in [-0.39, 0.29) is 5.91 Å². The second-order valence-corrected chi connectivity index (χ2v) is 5.80. The van der Waals surface area contributed by atoms with Crippen LogP contribution in [0.15, 0.2) is 54.6 Å². The highest BCUT2D eigenvalue weighted by Gasteiger charge is 2.34. The standard InChI is InChI=1S/C18H19N3O2/c19-18(23)20-17(22)16(14-7-2-1-3-8-14)21-11-10-13-6-4-5-9-15(13)12-21/h1-9,16H,10-12H2,(H3,19,20,22,23)/p+1/t16-/m0/s1. The molecule has 1 heterocycles. The van der Waals surface area contributed by atoms with E-state index in [0.29, 0.717) is 0 Å². The fourth-order valence-electron chi connectivity index (χ4n) is 3.26. The fourth-order valence-corrected chi connectivity index (χ4v) is 3.26. The van der Waals surface area contributed by atoms with Crippen molar-refractivity contribution < 1.29 is 14.5 Å². The number of carbonyl (C=O) groups is 2. The molecule has 1 unspecified atom stereocenters. The van der Waals surface area contributed by atoms with Crippen molar-refractivity contribution in [3.63, 3.8) is 0 Å². The molecule has 0 aliphatic carbocycles. The van der Waals surface area contributed by atoms with Crippen molar-refractivity contribution in [1.29, 1.82) is 0 Å². The molecule has 4 N–H and O–H groups in total. The lowest BCUT2D eigenvalue weighted by atomic mass is 9.96. The number of quaternary nitrogens is 1. The molecule has 0 bridgehead atoms. The van der Waals surface area contributed by atoms with Crippen LogP contribution < -0.4 is 16.0 Å². The van der Waals surface area contributed by atoms with Gasteiger partial charge in [0.1, 0.15) is 6.54 Å². The summed E-state index contributed by atoms with van der Waals surface area (Å²) in [4.78, 5) is 24.8. The van der Waals surface area contributed by atoms with Crippen molar-refractivity contribution in [3.05, 3.63) is 71.3 Å². The number of fused-ring (bicyclic) bond motifs is 1. The lowest BCUT2D eigenvalue weighted by Crippen LogP contribution is -3.13. The van der Waals surface area contributed by atoms with Crippen molar-refractivity contribution in [3.8, 4) is 0 Å². The molecular weight excluding hydrogens is 290 g/mol. The van der Waals surface area contributed by atoms with Crippen molar-refractivity contribution in [1.82, 2.24) is 5.32 Å². The molecule has 0 saturated carbocycles. The molecule has 5 heteroatoms. The molecule has 2 aromatic carbocycles. The van der Waals surface area contributed by atoms with E-state index in [2.05, 4.69) is 17.4 Å². The van der Waals surface area contributed by atoms with Crippen molar-refractivity contribution >= 4 is 11.9 Å². The van der Waals surface area contributed by atoms with Gasteiger partial charge in [0.15, 0.2) is 6.04 Å². The van der Waals surface area contributed by atoms with Crippen LogP contribution in [-0.4, -0.2) is 18.5 Å². The monoisotopic (exact) mass is 310 g/mol. The van der Waals surface area contributed by atoms with Crippen LogP contribution >= 0.6 is 0 Å². The molecule has 5 nitrogen and oxygen atoms in total. The third-order valence-corrected chi connectivity index (χ3v) is 4.30. The molecule has 0 aromatic heterocycles. The van der Waals surface area contributed by atoms with Gasteiger partial charge in [-0.05, 0) is 5.56 Å². The Hall–Kier alpha value is -2.66. The molecule has 0 spiro atoms. The number of amides is 3. The fraction of sp³-hybridized carbons (Fsp3) is 0.222. The first-order valence-electron chi connectivity index (χ1n) is 7.72. The van der Waals surface area contributed by atoms with Gasteiger partial charge in [-0.25, -0.2) is 4.79 Å². The largest absolute Gasteiger partial charge is 0.351 e. The number of carbonyl (C=O) groups excluding carboxylic acids is 2. The van der Waals surface area contributed by atoms with E-state index in [1.54, 1.807) is 0 Å². The summed E-state index contributed by atoms with van der Waals surface area (Å²) >= 11 is 0. The van der Waals surface area contributed by atoms with E-state index in [0.717, 1.165) is 30.0 Å². The number of rotatable bonds is 3. The molecule has 2 atom stereocenters. The van der Waals surface area contributed by atoms with Crippen LogP contribution in [0.5, 0.6) is 0 Å². The zero-order chi connectivity index (χ0) is 16.2. The van der Waals surface area contributed by atoms with Crippen molar-refractivity contribution in [2.75, 3.05) is 6.54 Å². The second-order valence-electron chi connectivity index (χ2n) is 5.80. The summed E-state index contributed by atoms with van der Waals surface area (Å²) in [5.41, 5.74) is 8.61. The topological polar surface area (TPSA) is 76.6 Å². The number of primary amides is 1. The van der Waals surface area contributed by atoms with E-state index < -0.39 is 12.1 Å². The Morgan fingerprint density at radius 2 is 1.65 bits per heavy atom. The first-order valence-corrected chi connectivity index (χ1v) is 7.72. The van der Waals surface area contributed by atoms with Crippen molar-refractivity contribution in [2.24, 2.45) is 5.73 Å². The van der Waals surface area contributed by atoms with Gasteiger partial charge in [0.25, 0.3) is 5.91 Å². The summed E-state index contributed by atoms with van der Waals surface area (Å²) in [6.07, 6.45) is 0.915. The highest BCUT2D eigenvalue weighted by Crippen LogP contribution is 2.15. The maximum Gasteiger partial charge on any atom is 0.319 e. The van der Waals surface area contributed by atoms with E-state index >= 15 is 0 Å². The third-order valence-electron chi connectivity index (χ3n) is 4.30. The Balaban J connectivity index is 1.90. The smallest absolute Gasteiger partial charge is 0.319 e. The van der Waals surface area contributed by atoms with Crippen LogP contribution in [0, 0.1) is 0 Å². The summed E-state index contributed by atoms with van der Waals surface area (Å²) in [6.45, 7) is 1.59. The summed E-state index contributed by atoms with van der Waals surface area (Å²) in [7, 11) is 0. The molecule has 0 saturated heterocycles. The molecule has 118 valence electrons. The molecular formula is C18H20N3O2+. The molecule has 0 fully saturated rings. The van der Waals surface area contributed by atoms with Crippen LogP contribution in [0.1, 0.15) is 22.7 Å². The Labute approximate surface area is 135 Å². The van der Waals surface area contributed by atoms with Crippen LogP contribution in [0.2, 0.25) is 0 Å². The quantitative estimate of drug-likeness (QED) is 0.775. The van der Waals surface area contributed by atoms with E-state index in [9.17, 15) is 9.59 Å². The molecule has 2 aromatic rings. The summed E-state index contributed by atoms with van der Waals surface area (Å²) in [6, 6.07) is 16.6. The molecule has 23 heavy (non-hydrogen) atoms. The molecule has 0 radical (unpaired) electrons. The Kier molecular flexibility index (Phi) is 4.39. The number of nitrogens with two attached hydrogens (primary N) is 1. The number of urea groups is 1. The molecule has 3 rings (SSSR count). The number of nitrogens with one attached hydrogen (secondary N) is 2. The SMILES string of the molecule is NC(=O)NC(=O)[C@H](c1ccccc1)[NH+]1CCc2ccccc2C1. The Bertz CT molecular complexity index is 715. The van der Waals surface area contributed by atoms with Gasteiger partial charge in [-0.1, -0.05) is 54.6 Å². The number of hydrogen-bond donors (Lipinski definition) is 3. The zero-order valence-electron chi connectivity index (χ0n) is 12.8. The van der Waals surface area contributed by atoms with Gasteiger partial charge in [-0.2, -0.15) is 0 Å². The Morgan fingerprint density at radius 1 is 1.00 bits per heavy atom. The number of benzene rings is 2. The van der Waals surface area contributed by atoms with Crippen LogP contribution in [-0.2, 0) is 17.8 Å². The Morgan fingerprint density at radius 3 is 2.35 bits per heavy atom. The van der Waals surface area contributed by atoms with E-state index in [1.165, 1.54) is 11.1 Å². The predicted octanol–water partition coefficient (Wildman–Crippen LogP) is 0.564. The van der Waals surface area contributed by atoms with Gasteiger partial charge in [-0.15, -0.1) is 0 Å². The van der Waals surface area contributed by atoms with Crippen LogP contribution in [0.3, 0.4) is 0 Å². The predicted molar refractivity (Wildman–Crippen MR) is 86.6 cm³/mol. The van der Waals surface area contributed by atoms with Gasteiger partial charge in [-0.3, -0.25) is 10.1 Å². The normalized spacial score (nSPS) is 17.8. The van der Waals surface area contributed by atoms with Gasteiger partial charge in [0, 0.05) is 17.5 Å². The molecule has 3 amide bonds. The third kappa shape index (κ3) is 3.40. The highest BCUT2D eigenvalue weighted by atomic mass is 16.2. The summed E-state index contributed by atoms with van der Waals surface area (Å²) in [5.74, 6) is -0.349. The first-order chi connectivity index (χ1) is 11.1. The average molecular weight is 310 g/mol. The summed E-state index contributed by atoms with van der Waals surface area (Å²) < 4.78 is 0. The van der Waals surface area contributed by atoms with Crippen molar-refractivity contribution in [2.45, 2.75) is 19.0 Å². The van der Waals surface area contributed by atoms with E-state index in [4.69, 9.17) is 5.73 Å². The maximum absolute atomic E-state index is 12.5. The van der Waals surface area contributed by atoms with Gasteiger partial charge in [0.05, 0.1) is 6.54 Å². The minimum Gasteiger partial charge on any atom is -0.351 e. The van der Waals surface area contributed by atoms with Crippen LogP contribution in [0.25, 0.3) is 0 Å². The average Bonchev–Trinajstić information content (AvgIpc) is 2.55. The summed E-state index contributed by atoms with van der Waals surface area (Å²) in [5, 5.41) is 2.24. The lowest BCUT2D eigenvalue weighted by molar-refractivity contribution is -0.937. The van der Waals surface area contributed by atoms with E-state index in [1.807, 2.05) is 42.5 Å². The second kappa shape index (κ2) is 6.62. The minimum atomic E-state index is -0.812. The zero-order valence-corrected chi connectivity index (χ0v) is 12.8. The minimum absolute atomic E-state index is 0.349. The number of hydrogen-bond acceptors (Lipinski definition) is 2. The highest BCUT2D eigenvalue weighted by molar-refractivity contribution is 5.96. The molecule has 1 aliphatic heterocycles. The van der Waals surface area contributed by atoms with Gasteiger partial charge >= 0.3 is 6.03 Å². The van der Waals surface area contributed by atoms with Gasteiger partial charge < -0.3 is 10.6 Å².